The van der Waals surface area contributed by atoms with Gasteiger partial charge in [-0.2, -0.15) is 0 Å². The van der Waals surface area contributed by atoms with Gasteiger partial charge in [0.15, 0.2) is 0 Å². The molecule has 0 spiro atoms. The van der Waals surface area contributed by atoms with E-state index in [0.29, 0.717) is 5.92 Å². The molecule has 366 valence electrons. The minimum absolute atomic E-state index is 0.0399. The number of hydrogen-bond donors (Lipinski definition) is 1. The molecule has 0 aliphatic heterocycles. The first-order valence-electron chi connectivity index (χ1n) is 26.8. The standard InChI is InChI=1S/C72H68N2/c1-47-36-37-48(2)68(40-47)74(69-45-58(53-26-15-10-16-27-53)43-64(51(69)5)55-30-19-12-20-31-55)70-46-67(61-34-23-33-59-56(38-39-62(70)71(59)61)41-49(3)72(6,7)8)73-66-35-22-21-32-60(66)65-44-57(52-24-13-9-14-25-52)42-63(50(65)4)54-28-17-11-18-29-54/h9-19,21-30,32,34-39,41-47,73H,20,31,33,40H2,1-8H3/b49-41+. The molecule has 8 aromatic carbocycles. The highest BCUT2D eigenvalue weighted by atomic mass is 15.2. The van der Waals surface area contributed by atoms with Crippen molar-refractivity contribution in [3.05, 3.63) is 244 Å². The molecule has 0 heterocycles. The molecular weight excluding hydrogens is 893 g/mol. The van der Waals surface area contributed by atoms with E-state index in [-0.39, 0.29) is 5.41 Å². The van der Waals surface area contributed by atoms with Gasteiger partial charge in [0.05, 0.1) is 5.69 Å². The summed E-state index contributed by atoms with van der Waals surface area (Å²) in [5.74, 6) is 0.375. The SMILES string of the molecule is CC1=C(N(c2cc(-c3ccccc3)cc(C3=CC=CCC3)c2C)c2cc(Nc3ccccc3-c3cc(-c4ccccc4)cc(-c4ccccc4)c3C)c3c4c(c(/C=C(\C)C(C)(C)C)ccc24)CC=C3)CC(C)C=C1. The van der Waals surface area contributed by atoms with E-state index in [1.165, 1.54) is 122 Å². The number of benzene rings is 8. The number of nitrogens with zero attached hydrogens (tertiary/aromatic N) is 1. The van der Waals surface area contributed by atoms with Gasteiger partial charge in [-0.3, -0.25) is 0 Å². The van der Waals surface area contributed by atoms with Crippen molar-refractivity contribution in [1.82, 2.24) is 0 Å². The quantitative estimate of drug-likeness (QED) is 0.139. The Balaban J connectivity index is 1.20. The van der Waals surface area contributed by atoms with Crippen LogP contribution < -0.4 is 10.2 Å². The van der Waals surface area contributed by atoms with Crippen molar-refractivity contribution in [1.29, 1.82) is 0 Å². The van der Waals surface area contributed by atoms with E-state index in [1.54, 1.807) is 0 Å². The van der Waals surface area contributed by atoms with Crippen molar-refractivity contribution >= 4 is 51.2 Å². The Kier molecular flexibility index (Phi) is 13.2. The number of nitrogens with one attached hydrogen (secondary N) is 1. The maximum atomic E-state index is 4.22. The van der Waals surface area contributed by atoms with Gasteiger partial charge in [0.2, 0.25) is 0 Å². The average Bonchev–Trinajstić information content (AvgIpc) is 3.43. The van der Waals surface area contributed by atoms with Gasteiger partial charge >= 0.3 is 0 Å². The highest BCUT2D eigenvalue weighted by Gasteiger charge is 2.29. The largest absolute Gasteiger partial charge is 0.354 e. The molecule has 0 saturated heterocycles. The van der Waals surface area contributed by atoms with Crippen molar-refractivity contribution < 1.29 is 0 Å². The molecule has 3 aliphatic carbocycles. The van der Waals surface area contributed by atoms with Gasteiger partial charge in [-0.1, -0.05) is 203 Å². The zero-order valence-corrected chi connectivity index (χ0v) is 44.5. The van der Waals surface area contributed by atoms with E-state index < -0.39 is 0 Å². The van der Waals surface area contributed by atoms with Crippen LogP contribution in [0.4, 0.5) is 22.7 Å². The summed E-state index contributed by atoms with van der Waals surface area (Å²) >= 11 is 0. The lowest BCUT2D eigenvalue weighted by molar-refractivity contribution is 0.508. The summed E-state index contributed by atoms with van der Waals surface area (Å²) in [5.41, 5.74) is 27.4. The topological polar surface area (TPSA) is 15.3 Å². The Morgan fingerprint density at radius 1 is 0.608 bits per heavy atom. The maximum Gasteiger partial charge on any atom is 0.0558 e. The van der Waals surface area contributed by atoms with Crippen LogP contribution >= 0.6 is 0 Å². The Morgan fingerprint density at radius 2 is 1.26 bits per heavy atom. The highest BCUT2D eigenvalue weighted by Crippen LogP contribution is 2.50. The second kappa shape index (κ2) is 20.2. The second-order valence-electron chi connectivity index (χ2n) is 21.9. The predicted octanol–water partition coefficient (Wildman–Crippen LogP) is 20.6. The molecule has 0 aromatic heterocycles. The van der Waals surface area contributed by atoms with Crippen LogP contribution in [0, 0.1) is 25.2 Å². The first kappa shape index (κ1) is 48.3. The molecule has 11 rings (SSSR count). The molecule has 3 aliphatic rings. The fourth-order valence-electron chi connectivity index (χ4n) is 11.4. The molecule has 0 amide bonds. The summed E-state index contributed by atoms with van der Waals surface area (Å²) in [5, 5.41) is 6.79. The van der Waals surface area contributed by atoms with E-state index >= 15 is 0 Å². The molecule has 0 saturated carbocycles. The summed E-state index contributed by atoms with van der Waals surface area (Å²) in [7, 11) is 0. The first-order valence-corrected chi connectivity index (χ1v) is 26.8. The van der Waals surface area contributed by atoms with E-state index in [9.17, 15) is 0 Å². The third-order valence-electron chi connectivity index (χ3n) is 16.0. The zero-order chi connectivity index (χ0) is 51.1. The number of para-hydroxylation sites is 1. The van der Waals surface area contributed by atoms with Gasteiger partial charge in [-0.05, 0) is 184 Å². The molecule has 8 aromatic rings. The summed E-state index contributed by atoms with van der Waals surface area (Å²) in [6.07, 6.45) is 22.7. The maximum absolute atomic E-state index is 4.22. The van der Waals surface area contributed by atoms with Gasteiger partial charge in [0, 0.05) is 39.3 Å². The molecule has 1 unspecified atom stereocenters. The van der Waals surface area contributed by atoms with Gasteiger partial charge in [0.1, 0.15) is 0 Å². The first-order chi connectivity index (χ1) is 35.9. The molecule has 74 heavy (non-hydrogen) atoms. The Morgan fingerprint density at radius 3 is 1.95 bits per heavy atom. The lowest BCUT2D eigenvalue weighted by Crippen LogP contribution is -2.23. The number of anilines is 4. The lowest BCUT2D eigenvalue weighted by Gasteiger charge is -2.36. The predicted molar refractivity (Wildman–Crippen MR) is 321 cm³/mol. The van der Waals surface area contributed by atoms with Crippen LogP contribution in [0.25, 0.3) is 73.0 Å². The number of allylic oxidation sites excluding steroid dienone is 10. The van der Waals surface area contributed by atoms with Crippen molar-refractivity contribution in [3.8, 4) is 44.5 Å². The zero-order valence-electron chi connectivity index (χ0n) is 44.5. The van der Waals surface area contributed by atoms with E-state index in [0.717, 1.165) is 37.1 Å². The van der Waals surface area contributed by atoms with Crippen molar-refractivity contribution in [2.24, 2.45) is 11.3 Å². The van der Waals surface area contributed by atoms with E-state index in [2.05, 4.69) is 272 Å². The van der Waals surface area contributed by atoms with Crippen molar-refractivity contribution in [2.45, 2.75) is 81.1 Å². The summed E-state index contributed by atoms with van der Waals surface area (Å²) in [6, 6.07) is 58.6. The van der Waals surface area contributed by atoms with Crippen LogP contribution in [-0.4, -0.2) is 0 Å². The molecule has 0 fully saturated rings. The lowest BCUT2D eigenvalue weighted by atomic mass is 9.83. The average molecular weight is 961 g/mol. The van der Waals surface area contributed by atoms with Crippen LogP contribution in [0.15, 0.2) is 211 Å². The minimum Gasteiger partial charge on any atom is -0.354 e. The monoisotopic (exact) mass is 961 g/mol. The van der Waals surface area contributed by atoms with Crippen molar-refractivity contribution in [3.63, 3.8) is 0 Å². The molecule has 0 radical (unpaired) electrons. The second-order valence-corrected chi connectivity index (χ2v) is 21.9. The minimum atomic E-state index is 0.0399. The summed E-state index contributed by atoms with van der Waals surface area (Å²) < 4.78 is 0. The van der Waals surface area contributed by atoms with E-state index in [1.807, 2.05) is 0 Å². The van der Waals surface area contributed by atoms with E-state index in [4.69, 9.17) is 0 Å². The molecule has 2 heteroatoms. The molecular formula is C72H68N2. The fourth-order valence-corrected chi connectivity index (χ4v) is 11.4. The van der Waals surface area contributed by atoms with Crippen LogP contribution in [0.1, 0.15) is 94.2 Å². The van der Waals surface area contributed by atoms with Crippen LogP contribution in [0.5, 0.6) is 0 Å². The highest BCUT2D eigenvalue weighted by molar-refractivity contribution is 6.10. The Labute approximate surface area is 440 Å². The van der Waals surface area contributed by atoms with Gasteiger partial charge < -0.3 is 10.2 Å². The Hall–Kier alpha value is -7.94. The fraction of sp³-hybridized carbons (Fsp3) is 0.194. The normalized spacial score (nSPS) is 15.4. The number of hydrogen-bond acceptors (Lipinski definition) is 2. The van der Waals surface area contributed by atoms with Gasteiger partial charge in [-0.15, -0.1) is 0 Å². The Bertz CT molecular complexity index is 3640. The molecule has 0 bridgehead atoms. The van der Waals surface area contributed by atoms with Crippen LogP contribution in [-0.2, 0) is 6.42 Å². The third-order valence-corrected chi connectivity index (χ3v) is 16.0. The summed E-state index contributed by atoms with van der Waals surface area (Å²) in [6.45, 7) is 18.6. The van der Waals surface area contributed by atoms with Crippen LogP contribution in [0.2, 0.25) is 0 Å². The van der Waals surface area contributed by atoms with Gasteiger partial charge in [-0.25, -0.2) is 0 Å². The van der Waals surface area contributed by atoms with Crippen molar-refractivity contribution in [2.75, 3.05) is 10.2 Å². The molecule has 2 nitrogen and oxygen atoms in total. The van der Waals surface area contributed by atoms with Gasteiger partial charge in [0.25, 0.3) is 0 Å². The molecule has 1 N–H and O–H groups in total. The molecule has 1 atom stereocenters. The van der Waals surface area contributed by atoms with Crippen LogP contribution in [0.3, 0.4) is 0 Å². The third kappa shape index (κ3) is 9.35. The number of rotatable bonds is 11. The smallest absolute Gasteiger partial charge is 0.0558 e. The summed E-state index contributed by atoms with van der Waals surface area (Å²) in [4.78, 5) is 2.67.